The molecule has 3 heteroatoms. The predicted octanol–water partition coefficient (Wildman–Crippen LogP) is 0.320. The summed E-state index contributed by atoms with van der Waals surface area (Å²) in [4.78, 5) is 0. The number of rotatable bonds is 1. The van der Waals surface area contributed by atoms with Crippen LogP contribution in [0.2, 0.25) is 0 Å². The van der Waals surface area contributed by atoms with Crippen molar-refractivity contribution in [2.75, 3.05) is 19.7 Å². The number of ether oxygens (including phenoxy) is 1. The zero-order chi connectivity index (χ0) is 8.60. The van der Waals surface area contributed by atoms with Gasteiger partial charge < -0.3 is 10.1 Å². The first kappa shape index (κ1) is 8.48. The molecule has 0 radical (unpaired) electrons. The van der Waals surface area contributed by atoms with Gasteiger partial charge in [0.1, 0.15) is 6.23 Å². The van der Waals surface area contributed by atoms with Gasteiger partial charge in [-0.3, -0.25) is 5.32 Å². The van der Waals surface area contributed by atoms with Crippen LogP contribution < -0.4 is 10.6 Å². The number of hydrogen-bond acceptors (Lipinski definition) is 3. The topological polar surface area (TPSA) is 33.3 Å². The molecule has 2 atom stereocenters. The van der Waals surface area contributed by atoms with Crippen LogP contribution in [0.1, 0.15) is 20.3 Å². The number of hydrogen-bond donors (Lipinski definition) is 2. The standard InChI is InChI=1S/C9H18N2O/c1-9(2)6-12-8(11-9)7-3-4-10-5-7/h7-8,10-11H,3-6H2,1-2H3. The SMILES string of the molecule is CC1(C)COC(C2CCNC2)N1. The van der Waals surface area contributed by atoms with Crippen LogP contribution in [0, 0.1) is 5.92 Å². The van der Waals surface area contributed by atoms with Gasteiger partial charge in [-0.15, -0.1) is 0 Å². The van der Waals surface area contributed by atoms with Crippen molar-refractivity contribution < 1.29 is 4.74 Å². The lowest BCUT2D eigenvalue weighted by atomic mass is 10.1. The van der Waals surface area contributed by atoms with E-state index in [0.29, 0.717) is 5.92 Å². The summed E-state index contributed by atoms with van der Waals surface area (Å²) in [7, 11) is 0. The van der Waals surface area contributed by atoms with E-state index in [2.05, 4.69) is 24.5 Å². The van der Waals surface area contributed by atoms with Gasteiger partial charge >= 0.3 is 0 Å². The fourth-order valence-electron chi connectivity index (χ4n) is 1.96. The second-order valence-corrected chi connectivity index (χ2v) is 4.51. The lowest BCUT2D eigenvalue weighted by molar-refractivity contribution is 0.0579. The molecule has 0 amide bonds. The van der Waals surface area contributed by atoms with E-state index < -0.39 is 0 Å². The molecule has 0 bridgehead atoms. The molecule has 0 aromatic heterocycles. The van der Waals surface area contributed by atoms with E-state index >= 15 is 0 Å². The molecule has 70 valence electrons. The Morgan fingerprint density at radius 1 is 1.42 bits per heavy atom. The highest BCUT2D eigenvalue weighted by Crippen LogP contribution is 2.22. The Balaban J connectivity index is 1.90. The Hall–Kier alpha value is -0.120. The molecule has 0 spiro atoms. The summed E-state index contributed by atoms with van der Waals surface area (Å²) in [6.45, 7) is 7.47. The van der Waals surface area contributed by atoms with Crippen molar-refractivity contribution in [3.8, 4) is 0 Å². The zero-order valence-electron chi connectivity index (χ0n) is 7.89. The summed E-state index contributed by atoms with van der Waals surface area (Å²) >= 11 is 0. The van der Waals surface area contributed by atoms with Gasteiger partial charge in [0.05, 0.1) is 6.61 Å². The molecule has 12 heavy (non-hydrogen) atoms. The molecule has 2 fully saturated rings. The molecule has 2 aliphatic rings. The van der Waals surface area contributed by atoms with E-state index in [-0.39, 0.29) is 11.8 Å². The van der Waals surface area contributed by atoms with Gasteiger partial charge in [-0.2, -0.15) is 0 Å². The van der Waals surface area contributed by atoms with E-state index in [1.807, 2.05) is 0 Å². The van der Waals surface area contributed by atoms with Gasteiger partial charge in [0.25, 0.3) is 0 Å². The van der Waals surface area contributed by atoms with Crippen molar-refractivity contribution in [2.24, 2.45) is 5.92 Å². The maximum Gasteiger partial charge on any atom is 0.112 e. The highest BCUT2D eigenvalue weighted by Gasteiger charge is 2.36. The maximum absolute atomic E-state index is 5.70. The van der Waals surface area contributed by atoms with Crippen LogP contribution in [0.4, 0.5) is 0 Å². The summed E-state index contributed by atoms with van der Waals surface area (Å²) in [5.41, 5.74) is 0.174. The molecule has 0 aromatic carbocycles. The first-order chi connectivity index (χ1) is 5.67. The largest absolute Gasteiger partial charge is 0.361 e. The van der Waals surface area contributed by atoms with Gasteiger partial charge in [0, 0.05) is 18.0 Å². The minimum atomic E-state index is 0.174. The van der Waals surface area contributed by atoms with E-state index in [0.717, 1.165) is 19.7 Å². The van der Waals surface area contributed by atoms with Gasteiger partial charge in [-0.25, -0.2) is 0 Å². The van der Waals surface area contributed by atoms with Crippen molar-refractivity contribution in [2.45, 2.75) is 32.0 Å². The quantitative estimate of drug-likeness (QED) is 0.594. The molecule has 2 heterocycles. The van der Waals surface area contributed by atoms with E-state index in [1.54, 1.807) is 0 Å². The Bertz CT molecular complexity index is 164. The highest BCUT2D eigenvalue weighted by atomic mass is 16.5. The van der Waals surface area contributed by atoms with E-state index in [1.165, 1.54) is 6.42 Å². The van der Waals surface area contributed by atoms with Gasteiger partial charge in [-0.1, -0.05) is 0 Å². The van der Waals surface area contributed by atoms with Crippen LogP contribution in [0.25, 0.3) is 0 Å². The molecule has 0 aromatic rings. The summed E-state index contributed by atoms with van der Waals surface area (Å²) in [5.74, 6) is 0.673. The lowest BCUT2D eigenvalue weighted by Crippen LogP contribution is -2.42. The van der Waals surface area contributed by atoms with Crippen molar-refractivity contribution in [1.29, 1.82) is 0 Å². The van der Waals surface area contributed by atoms with Crippen LogP contribution in [-0.2, 0) is 4.74 Å². The second kappa shape index (κ2) is 2.98. The van der Waals surface area contributed by atoms with E-state index in [4.69, 9.17) is 4.74 Å². The second-order valence-electron chi connectivity index (χ2n) is 4.51. The van der Waals surface area contributed by atoms with Crippen LogP contribution in [0.5, 0.6) is 0 Å². The fraction of sp³-hybridized carbons (Fsp3) is 1.00. The molecule has 0 aliphatic carbocycles. The van der Waals surface area contributed by atoms with Crippen LogP contribution in [0.15, 0.2) is 0 Å². The summed E-state index contributed by atoms with van der Waals surface area (Å²) in [6.07, 6.45) is 1.53. The maximum atomic E-state index is 5.70. The molecule has 2 unspecified atom stereocenters. The molecule has 2 aliphatic heterocycles. The van der Waals surface area contributed by atoms with Crippen molar-refractivity contribution in [3.63, 3.8) is 0 Å². The lowest BCUT2D eigenvalue weighted by Gasteiger charge is -2.20. The summed E-state index contributed by atoms with van der Waals surface area (Å²) in [6, 6.07) is 0. The molecule has 0 saturated carbocycles. The normalized spacial score (nSPS) is 40.5. The van der Waals surface area contributed by atoms with Gasteiger partial charge in [0.15, 0.2) is 0 Å². The molecular weight excluding hydrogens is 152 g/mol. The third kappa shape index (κ3) is 1.63. The Labute approximate surface area is 73.9 Å². The number of nitrogens with one attached hydrogen (secondary N) is 2. The first-order valence-corrected chi connectivity index (χ1v) is 4.77. The van der Waals surface area contributed by atoms with Gasteiger partial charge in [0.2, 0.25) is 0 Å². The minimum Gasteiger partial charge on any atom is -0.361 e. The average molecular weight is 170 g/mol. The fourth-order valence-corrected chi connectivity index (χ4v) is 1.96. The summed E-state index contributed by atoms with van der Waals surface area (Å²) in [5, 5.41) is 6.87. The highest BCUT2D eigenvalue weighted by molar-refractivity contribution is 4.89. The van der Waals surface area contributed by atoms with Gasteiger partial charge in [-0.05, 0) is 26.8 Å². The molecule has 2 saturated heterocycles. The van der Waals surface area contributed by atoms with Crippen molar-refractivity contribution in [3.05, 3.63) is 0 Å². The molecule has 2 rings (SSSR count). The predicted molar refractivity (Wildman–Crippen MR) is 47.9 cm³/mol. The average Bonchev–Trinajstić information content (AvgIpc) is 2.55. The molecule has 2 N–H and O–H groups in total. The van der Waals surface area contributed by atoms with Crippen LogP contribution in [0.3, 0.4) is 0 Å². The first-order valence-electron chi connectivity index (χ1n) is 4.77. The van der Waals surface area contributed by atoms with Crippen molar-refractivity contribution in [1.82, 2.24) is 10.6 Å². The zero-order valence-corrected chi connectivity index (χ0v) is 7.89. The van der Waals surface area contributed by atoms with E-state index in [9.17, 15) is 0 Å². The summed E-state index contributed by atoms with van der Waals surface area (Å²) < 4.78 is 5.70. The Morgan fingerprint density at radius 2 is 2.25 bits per heavy atom. The third-order valence-corrected chi connectivity index (χ3v) is 2.68. The molecular formula is C9H18N2O. The smallest absolute Gasteiger partial charge is 0.112 e. The minimum absolute atomic E-state index is 0.174. The Morgan fingerprint density at radius 3 is 2.75 bits per heavy atom. The molecule has 3 nitrogen and oxygen atoms in total. The Kier molecular flexibility index (Phi) is 2.10. The van der Waals surface area contributed by atoms with Crippen molar-refractivity contribution >= 4 is 0 Å². The monoisotopic (exact) mass is 170 g/mol. The van der Waals surface area contributed by atoms with Crippen LogP contribution >= 0.6 is 0 Å². The third-order valence-electron chi connectivity index (χ3n) is 2.68. The van der Waals surface area contributed by atoms with Crippen LogP contribution in [-0.4, -0.2) is 31.5 Å².